The number of morpholine rings is 1. The van der Waals surface area contributed by atoms with Crippen molar-refractivity contribution in [3.8, 4) is 0 Å². The summed E-state index contributed by atoms with van der Waals surface area (Å²) in [5.74, 6) is -0.183. The average Bonchev–Trinajstić information content (AvgIpc) is 2.45. The first kappa shape index (κ1) is 14.0. The SMILES string of the molecule is CCNCC(=O)N1CCOC(c2ccc(F)cc2)C1. The Hall–Kier alpha value is -1.46. The second-order valence-electron chi connectivity index (χ2n) is 4.53. The Bertz CT molecular complexity index is 422. The van der Waals surface area contributed by atoms with Gasteiger partial charge in [0.2, 0.25) is 5.91 Å². The number of nitrogens with one attached hydrogen (secondary N) is 1. The van der Waals surface area contributed by atoms with Crippen LogP contribution in [-0.2, 0) is 9.53 Å². The molecule has 1 amide bonds. The maximum absolute atomic E-state index is 12.9. The number of nitrogens with zero attached hydrogens (tertiary/aromatic N) is 1. The normalized spacial score (nSPS) is 19.5. The van der Waals surface area contributed by atoms with E-state index >= 15 is 0 Å². The summed E-state index contributed by atoms with van der Waals surface area (Å²) in [5, 5.41) is 3.03. The van der Waals surface area contributed by atoms with E-state index in [0.29, 0.717) is 26.2 Å². The van der Waals surface area contributed by atoms with Crippen molar-refractivity contribution < 1.29 is 13.9 Å². The van der Waals surface area contributed by atoms with Crippen molar-refractivity contribution in [2.45, 2.75) is 13.0 Å². The molecule has 2 rings (SSSR count). The largest absolute Gasteiger partial charge is 0.370 e. The number of hydrogen-bond acceptors (Lipinski definition) is 3. The molecule has 0 aliphatic carbocycles. The van der Waals surface area contributed by atoms with Crippen molar-refractivity contribution in [3.05, 3.63) is 35.6 Å². The molecule has 104 valence electrons. The molecule has 1 unspecified atom stereocenters. The summed E-state index contributed by atoms with van der Waals surface area (Å²) in [6.45, 7) is 4.75. The van der Waals surface area contributed by atoms with E-state index in [1.165, 1.54) is 12.1 Å². The summed E-state index contributed by atoms with van der Waals surface area (Å²) >= 11 is 0. The molecule has 1 fully saturated rings. The quantitative estimate of drug-likeness (QED) is 0.894. The zero-order valence-electron chi connectivity index (χ0n) is 11.1. The van der Waals surface area contributed by atoms with Crippen LogP contribution < -0.4 is 5.32 Å². The van der Waals surface area contributed by atoms with Gasteiger partial charge in [0.05, 0.1) is 19.7 Å². The van der Waals surface area contributed by atoms with Crippen LogP contribution in [0.3, 0.4) is 0 Å². The van der Waals surface area contributed by atoms with Crippen LogP contribution in [0.25, 0.3) is 0 Å². The van der Waals surface area contributed by atoms with Gasteiger partial charge >= 0.3 is 0 Å². The first-order chi connectivity index (χ1) is 9.20. The van der Waals surface area contributed by atoms with Gasteiger partial charge < -0.3 is 15.0 Å². The molecule has 1 aromatic carbocycles. The van der Waals surface area contributed by atoms with Crippen molar-refractivity contribution in [2.24, 2.45) is 0 Å². The standard InChI is InChI=1S/C14H19FN2O2/c1-2-16-9-14(18)17-7-8-19-13(10-17)11-3-5-12(15)6-4-11/h3-6,13,16H,2,7-10H2,1H3. The summed E-state index contributed by atoms with van der Waals surface area (Å²) in [6, 6.07) is 6.24. The van der Waals surface area contributed by atoms with Gasteiger partial charge in [0.25, 0.3) is 0 Å². The third-order valence-electron chi connectivity index (χ3n) is 3.19. The lowest BCUT2D eigenvalue weighted by atomic mass is 10.1. The van der Waals surface area contributed by atoms with Crippen LogP contribution >= 0.6 is 0 Å². The Morgan fingerprint density at radius 2 is 2.21 bits per heavy atom. The highest BCUT2D eigenvalue weighted by molar-refractivity contribution is 5.78. The molecule has 0 bridgehead atoms. The van der Waals surface area contributed by atoms with E-state index < -0.39 is 0 Å². The van der Waals surface area contributed by atoms with Crippen molar-refractivity contribution in [1.29, 1.82) is 0 Å². The minimum Gasteiger partial charge on any atom is -0.370 e. The van der Waals surface area contributed by atoms with Gasteiger partial charge in [-0.05, 0) is 24.2 Å². The van der Waals surface area contributed by atoms with Crippen LogP contribution in [0, 0.1) is 5.82 Å². The Morgan fingerprint density at radius 1 is 1.47 bits per heavy atom. The molecule has 1 aromatic rings. The number of likely N-dealkylation sites (N-methyl/N-ethyl adjacent to an activating group) is 1. The highest BCUT2D eigenvalue weighted by atomic mass is 19.1. The minimum absolute atomic E-state index is 0.0808. The highest BCUT2D eigenvalue weighted by Crippen LogP contribution is 2.22. The van der Waals surface area contributed by atoms with Gasteiger partial charge in [-0.3, -0.25) is 4.79 Å². The van der Waals surface area contributed by atoms with Crippen LogP contribution in [-0.4, -0.2) is 43.6 Å². The third kappa shape index (κ3) is 3.75. The first-order valence-electron chi connectivity index (χ1n) is 6.56. The first-order valence-corrected chi connectivity index (χ1v) is 6.56. The molecule has 4 nitrogen and oxygen atoms in total. The zero-order chi connectivity index (χ0) is 13.7. The summed E-state index contributed by atoms with van der Waals surface area (Å²) in [6.07, 6.45) is -0.167. The maximum atomic E-state index is 12.9. The molecule has 0 spiro atoms. The summed E-state index contributed by atoms with van der Waals surface area (Å²) in [7, 11) is 0. The van der Waals surface area contributed by atoms with E-state index in [-0.39, 0.29) is 17.8 Å². The molecule has 5 heteroatoms. The predicted octanol–water partition coefficient (Wildman–Crippen LogP) is 1.34. The van der Waals surface area contributed by atoms with Crippen molar-refractivity contribution in [1.82, 2.24) is 10.2 Å². The predicted molar refractivity (Wildman–Crippen MR) is 70.2 cm³/mol. The molecule has 19 heavy (non-hydrogen) atoms. The number of carbonyl (C=O) groups is 1. The van der Waals surface area contributed by atoms with E-state index in [0.717, 1.165) is 12.1 Å². The van der Waals surface area contributed by atoms with Gasteiger partial charge in [-0.1, -0.05) is 19.1 Å². The van der Waals surface area contributed by atoms with Crippen LogP contribution in [0.5, 0.6) is 0 Å². The zero-order valence-corrected chi connectivity index (χ0v) is 11.1. The average molecular weight is 266 g/mol. The number of amides is 1. The van der Waals surface area contributed by atoms with E-state index in [2.05, 4.69) is 5.32 Å². The molecular weight excluding hydrogens is 247 g/mol. The second-order valence-corrected chi connectivity index (χ2v) is 4.53. The molecule has 1 heterocycles. The van der Waals surface area contributed by atoms with Gasteiger partial charge in [0.15, 0.2) is 0 Å². The summed E-state index contributed by atoms with van der Waals surface area (Å²) in [5.41, 5.74) is 0.905. The number of carbonyl (C=O) groups excluding carboxylic acids is 1. The lowest BCUT2D eigenvalue weighted by Gasteiger charge is -2.33. The molecule has 1 saturated heterocycles. The number of hydrogen-bond donors (Lipinski definition) is 1. The molecule has 1 atom stereocenters. The van der Waals surface area contributed by atoms with E-state index in [4.69, 9.17) is 4.74 Å². The molecular formula is C14H19FN2O2. The topological polar surface area (TPSA) is 41.6 Å². The highest BCUT2D eigenvalue weighted by Gasteiger charge is 2.24. The monoisotopic (exact) mass is 266 g/mol. The smallest absolute Gasteiger partial charge is 0.236 e. The minimum atomic E-state index is -0.264. The van der Waals surface area contributed by atoms with Crippen molar-refractivity contribution >= 4 is 5.91 Å². The molecule has 0 radical (unpaired) electrons. The van der Waals surface area contributed by atoms with Crippen molar-refractivity contribution in [3.63, 3.8) is 0 Å². The number of halogens is 1. The van der Waals surface area contributed by atoms with Gasteiger partial charge in [0, 0.05) is 6.54 Å². The summed E-state index contributed by atoms with van der Waals surface area (Å²) < 4.78 is 18.5. The Morgan fingerprint density at radius 3 is 2.89 bits per heavy atom. The van der Waals surface area contributed by atoms with Gasteiger partial charge in [-0.25, -0.2) is 4.39 Å². The number of ether oxygens (including phenoxy) is 1. The van der Waals surface area contributed by atoms with Crippen LogP contribution in [0.2, 0.25) is 0 Å². The van der Waals surface area contributed by atoms with E-state index in [1.54, 1.807) is 17.0 Å². The fourth-order valence-corrected chi connectivity index (χ4v) is 2.10. The fraction of sp³-hybridized carbons (Fsp3) is 0.500. The Kier molecular flexibility index (Phi) is 4.87. The molecule has 0 aromatic heterocycles. The van der Waals surface area contributed by atoms with Crippen LogP contribution in [0.1, 0.15) is 18.6 Å². The molecule has 0 saturated carbocycles. The van der Waals surface area contributed by atoms with Crippen LogP contribution in [0.4, 0.5) is 4.39 Å². The van der Waals surface area contributed by atoms with E-state index in [1.807, 2.05) is 6.92 Å². The third-order valence-corrected chi connectivity index (χ3v) is 3.19. The van der Waals surface area contributed by atoms with Gasteiger partial charge in [0.1, 0.15) is 11.9 Å². The van der Waals surface area contributed by atoms with E-state index in [9.17, 15) is 9.18 Å². The Balaban J connectivity index is 1.96. The van der Waals surface area contributed by atoms with Gasteiger partial charge in [-0.15, -0.1) is 0 Å². The molecule has 1 N–H and O–H groups in total. The number of rotatable bonds is 4. The lowest BCUT2D eigenvalue weighted by molar-refractivity contribution is -0.138. The van der Waals surface area contributed by atoms with Crippen molar-refractivity contribution in [2.75, 3.05) is 32.8 Å². The fourth-order valence-electron chi connectivity index (χ4n) is 2.10. The maximum Gasteiger partial charge on any atom is 0.236 e. The second kappa shape index (κ2) is 6.63. The molecule has 1 aliphatic rings. The summed E-state index contributed by atoms with van der Waals surface area (Å²) in [4.78, 5) is 13.7. The van der Waals surface area contributed by atoms with Crippen LogP contribution in [0.15, 0.2) is 24.3 Å². The molecule has 1 aliphatic heterocycles. The number of benzene rings is 1. The Labute approximate surface area is 112 Å². The van der Waals surface area contributed by atoms with Gasteiger partial charge in [-0.2, -0.15) is 0 Å². The lowest BCUT2D eigenvalue weighted by Crippen LogP contribution is -2.45.